The zero-order valence-electron chi connectivity index (χ0n) is 27.3. The molecule has 4 heteroatoms. The van der Waals surface area contributed by atoms with Crippen LogP contribution >= 0.6 is 0 Å². The fraction of sp³-hybridized carbons (Fsp3) is 1.00. The van der Waals surface area contributed by atoms with Gasteiger partial charge in [0.1, 0.15) is 0 Å². The summed E-state index contributed by atoms with van der Waals surface area (Å²) in [5.74, 6) is 3.55. The van der Waals surface area contributed by atoms with Crippen LogP contribution in [0.4, 0.5) is 0 Å². The quantitative estimate of drug-likeness (QED) is 0.331. The summed E-state index contributed by atoms with van der Waals surface area (Å²) in [5, 5.41) is 10.5. The van der Waals surface area contributed by atoms with Crippen molar-refractivity contribution in [3.8, 4) is 0 Å². The van der Waals surface area contributed by atoms with Gasteiger partial charge in [-0.05, 0) is 128 Å². The number of ether oxygens (including phenoxy) is 1. The van der Waals surface area contributed by atoms with Crippen molar-refractivity contribution in [1.29, 1.82) is 0 Å². The molecule has 5 saturated carbocycles. The third-order valence-electron chi connectivity index (χ3n) is 16.2. The lowest BCUT2D eigenvalue weighted by molar-refractivity contribution is -0.200. The van der Waals surface area contributed by atoms with Crippen LogP contribution in [-0.2, 0) is 9.16 Å². The molecule has 0 bridgehead atoms. The Labute approximate surface area is 242 Å². The van der Waals surface area contributed by atoms with Crippen LogP contribution < -0.4 is 0 Å². The molecule has 0 aromatic heterocycles. The number of hydrogen-bond acceptors (Lipinski definition) is 3. The summed E-state index contributed by atoms with van der Waals surface area (Å²) in [6, 6.07) is 3.59. The molecule has 6 aliphatic rings. The van der Waals surface area contributed by atoms with E-state index in [-0.39, 0.29) is 29.6 Å². The molecule has 224 valence electrons. The van der Waals surface area contributed by atoms with Gasteiger partial charge >= 0.3 is 0 Å². The maximum absolute atomic E-state index is 10.5. The fourth-order valence-electron chi connectivity index (χ4n) is 13.4. The van der Waals surface area contributed by atoms with Gasteiger partial charge in [0, 0.05) is 5.41 Å². The highest BCUT2D eigenvalue weighted by Gasteiger charge is 2.85. The van der Waals surface area contributed by atoms with Crippen LogP contribution in [0.3, 0.4) is 0 Å². The summed E-state index contributed by atoms with van der Waals surface area (Å²) in [6.07, 6.45) is 11.2. The van der Waals surface area contributed by atoms with Crippen LogP contribution in [-0.4, -0.2) is 37.8 Å². The summed E-state index contributed by atoms with van der Waals surface area (Å²) < 4.78 is 14.9. The molecule has 0 aromatic carbocycles. The molecule has 6 rings (SSSR count). The lowest BCUT2D eigenvalue weighted by atomic mass is 9.41. The van der Waals surface area contributed by atoms with E-state index in [1.807, 2.05) is 0 Å². The Bertz CT molecular complexity index is 969. The molecule has 0 aromatic rings. The molecule has 5 unspecified atom stereocenters. The molecular formula is C35H62O3Si. The van der Waals surface area contributed by atoms with Crippen molar-refractivity contribution in [3.63, 3.8) is 0 Å². The van der Waals surface area contributed by atoms with Crippen LogP contribution in [0.1, 0.15) is 121 Å². The second-order valence-corrected chi connectivity index (χ2v) is 22.0. The molecule has 0 amide bonds. The lowest BCUT2D eigenvalue weighted by Gasteiger charge is -2.64. The van der Waals surface area contributed by atoms with Crippen LogP contribution in [0.25, 0.3) is 0 Å². The summed E-state index contributed by atoms with van der Waals surface area (Å²) >= 11 is 0. The van der Waals surface area contributed by atoms with E-state index in [0.717, 1.165) is 24.2 Å². The first-order valence-electron chi connectivity index (χ1n) is 17.2. The van der Waals surface area contributed by atoms with Crippen molar-refractivity contribution < 1.29 is 14.3 Å². The molecular weight excluding hydrogens is 496 g/mol. The van der Waals surface area contributed by atoms with Gasteiger partial charge in [-0.2, -0.15) is 0 Å². The van der Waals surface area contributed by atoms with Crippen molar-refractivity contribution in [2.45, 2.75) is 157 Å². The zero-order valence-corrected chi connectivity index (χ0v) is 28.3. The summed E-state index contributed by atoms with van der Waals surface area (Å²) in [4.78, 5) is 0. The van der Waals surface area contributed by atoms with Gasteiger partial charge in [0.05, 0.1) is 24.4 Å². The predicted molar refractivity (Wildman–Crippen MR) is 163 cm³/mol. The molecule has 12 atom stereocenters. The summed E-state index contributed by atoms with van der Waals surface area (Å²) in [5.41, 5.74) is 1.48. The Kier molecular flexibility index (Phi) is 6.60. The standard InChI is InChI=1S/C35H62O3Si/c1-11-39(12-2,13-3)38-29-28-27(23(4)20-31(8,22-36)37-28)32(9)18-19-35-21-34(35)17-16-24(5)30(6,7)25(34)14-15-26(35)33(29,32)10/h23-29,36H,11-22H2,1-10H3/t23?,24?,25-,26-,27?,28?,29-,31+,32+,33+,34+,35?/m0/s1. The van der Waals surface area contributed by atoms with Crippen molar-refractivity contribution in [1.82, 2.24) is 0 Å². The van der Waals surface area contributed by atoms with Crippen molar-refractivity contribution in [3.05, 3.63) is 0 Å². The third kappa shape index (κ3) is 3.39. The van der Waals surface area contributed by atoms with Crippen molar-refractivity contribution in [2.75, 3.05) is 6.61 Å². The van der Waals surface area contributed by atoms with E-state index in [1.165, 1.54) is 63.1 Å². The van der Waals surface area contributed by atoms with E-state index >= 15 is 0 Å². The van der Waals surface area contributed by atoms with Crippen LogP contribution in [0, 0.1) is 56.7 Å². The Morgan fingerprint density at radius 3 is 2.08 bits per heavy atom. The topological polar surface area (TPSA) is 38.7 Å². The average molecular weight is 559 g/mol. The van der Waals surface area contributed by atoms with Gasteiger partial charge in [0.25, 0.3) is 0 Å². The lowest BCUT2D eigenvalue weighted by Crippen LogP contribution is -2.61. The number of rotatable bonds is 6. The maximum Gasteiger partial charge on any atom is 0.192 e. The Morgan fingerprint density at radius 2 is 1.46 bits per heavy atom. The molecule has 39 heavy (non-hydrogen) atoms. The third-order valence-corrected chi connectivity index (χ3v) is 20.8. The van der Waals surface area contributed by atoms with Gasteiger partial charge in [-0.15, -0.1) is 0 Å². The van der Waals surface area contributed by atoms with Gasteiger partial charge in [0.2, 0.25) is 0 Å². The van der Waals surface area contributed by atoms with E-state index in [9.17, 15) is 5.11 Å². The highest BCUT2D eigenvalue weighted by molar-refractivity contribution is 6.73. The van der Waals surface area contributed by atoms with Crippen LogP contribution in [0.5, 0.6) is 0 Å². The van der Waals surface area contributed by atoms with Crippen molar-refractivity contribution >= 4 is 8.32 Å². The smallest absolute Gasteiger partial charge is 0.192 e. The SMILES string of the molecule is CC[Si](CC)(CC)O[C@H]1C2O[C@@](C)(CO)CC(C)C2[C@@]2(C)CCC34C[C@@]35CCC(C)C(C)(C)[C@@H]5CC[C@H]4[C@]12C. The normalized spacial score (nSPS) is 55.6. The van der Waals surface area contributed by atoms with E-state index in [2.05, 4.69) is 69.2 Å². The largest absolute Gasteiger partial charge is 0.411 e. The highest BCUT2D eigenvalue weighted by Crippen LogP contribution is 2.89. The first kappa shape index (κ1) is 29.2. The molecule has 5 aliphatic carbocycles. The fourth-order valence-corrected chi connectivity index (χ4v) is 16.4. The Hall–Kier alpha value is 0.0969. The molecule has 1 aliphatic heterocycles. The average Bonchev–Trinajstić information content (AvgIpc) is 3.53. The van der Waals surface area contributed by atoms with Crippen LogP contribution in [0.15, 0.2) is 0 Å². The van der Waals surface area contributed by atoms with Gasteiger partial charge in [0.15, 0.2) is 8.32 Å². The zero-order chi connectivity index (χ0) is 28.4. The van der Waals surface area contributed by atoms with Gasteiger partial charge in [-0.1, -0.05) is 62.3 Å². The molecule has 2 spiro atoms. The summed E-state index contributed by atoms with van der Waals surface area (Å²) in [6.45, 7) is 25.1. The molecule has 1 saturated heterocycles. The van der Waals surface area contributed by atoms with E-state index < -0.39 is 13.9 Å². The minimum atomic E-state index is -1.87. The van der Waals surface area contributed by atoms with E-state index in [1.54, 1.807) is 0 Å². The van der Waals surface area contributed by atoms with E-state index in [4.69, 9.17) is 9.16 Å². The van der Waals surface area contributed by atoms with Crippen molar-refractivity contribution in [2.24, 2.45) is 56.7 Å². The first-order valence-corrected chi connectivity index (χ1v) is 19.7. The van der Waals surface area contributed by atoms with Gasteiger partial charge in [-0.3, -0.25) is 0 Å². The van der Waals surface area contributed by atoms with Crippen LogP contribution in [0.2, 0.25) is 18.1 Å². The molecule has 1 heterocycles. The minimum Gasteiger partial charge on any atom is -0.411 e. The maximum atomic E-state index is 10.5. The first-order chi connectivity index (χ1) is 18.2. The Balaban J connectivity index is 1.47. The van der Waals surface area contributed by atoms with Gasteiger partial charge in [-0.25, -0.2) is 0 Å². The second kappa shape index (κ2) is 8.82. The van der Waals surface area contributed by atoms with E-state index in [0.29, 0.717) is 28.1 Å². The molecule has 6 fully saturated rings. The molecule has 3 nitrogen and oxygen atoms in total. The van der Waals surface area contributed by atoms with Gasteiger partial charge < -0.3 is 14.3 Å². The molecule has 1 N–H and O–H groups in total. The molecule has 0 radical (unpaired) electrons. The predicted octanol–water partition coefficient (Wildman–Crippen LogP) is 8.85. The number of hydrogen-bond donors (Lipinski definition) is 1. The monoisotopic (exact) mass is 558 g/mol. The summed E-state index contributed by atoms with van der Waals surface area (Å²) in [7, 11) is -1.87. The second-order valence-electron chi connectivity index (χ2n) is 17.3. The highest BCUT2D eigenvalue weighted by atomic mass is 28.4. The number of aliphatic hydroxyl groups is 1. The Morgan fingerprint density at radius 1 is 0.846 bits per heavy atom. The number of aliphatic hydroxyl groups excluding tert-OH is 1. The minimum absolute atomic E-state index is 0.114. The number of fused-ring (bicyclic) bond motifs is 4.